The average Bonchev–Trinajstić information content (AvgIpc) is 3.21. The van der Waals surface area contributed by atoms with Gasteiger partial charge in [-0.1, -0.05) is 56.3 Å². The Morgan fingerprint density at radius 2 is 1.60 bits per heavy atom. The van der Waals surface area contributed by atoms with Gasteiger partial charge in [-0.3, -0.25) is 10.1 Å². The highest BCUT2D eigenvalue weighted by Gasteiger charge is 2.30. The zero-order chi connectivity index (χ0) is 25.0. The predicted molar refractivity (Wildman–Crippen MR) is 132 cm³/mol. The summed E-state index contributed by atoms with van der Waals surface area (Å²) in [4.78, 5) is 20.3. The molecule has 0 aliphatic heterocycles. The highest BCUT2D eigenvalue weighted by Crippen LogP contribution is 2.32. The number of amides is 1. The molecule has 182 valence electrons. The van der Waals surface area contributed by atoms with E-state index in [2.05, 4.69) is 29.0 Å². The number of fused-ring (bicyclic) bond motifs is 1. The van der Waals surface area contributed by atoms with Gasteiger partial charge in [0.15, 0.2) is 0 Å². The van der Waals surface area contributed by atoms with Crippen molar-refractivity contribution in [1.82, 2.24) is 14.5 Å². The van der Waals surface area contributed by atoms with Crippen molar-refractivity contribution in [1.29, 1.82) is 0 Å². The van der Waals surface area contributed by atoms with Gasteiger partial charge in [-0.05, 0) is 54.5 Å². The maximum atomic E-state index is 13.4. The summed E-state index contributed by atoms with van der Waals surface area (Å²) < 4.78 is 40.9. The van der Waals surface area contributed by atoms with Crippen molar-refractivity contribution >= 4 is 22.9 Å². The minimum absolute atomic E-state index is 0.356. The van der Waals surface area contributed by atoms with Crippen LogP contribution in [0.25, 0.3) is 22.2 Å². The molecule has 1 N–H and O–H groups in total. The molecule has 0 saturated heterocycles. The van der Waals surface area contributed by atoms with Crippen molar-refractivity contribution in [3.8, 4) is 11.1 Å². The Morgan fingerprint density at radius 3 is 2.29 bits per heavy atom. The number of nitrogens with zero attached hydrogens (tertiary/aromatic N) is 3. The lowest BCUT2D eigenvalue weighted by atomic mass is 9.98. The number of hydrogen-bond acceptors (Lipinski definition) is 3. The van der Waals surface area contributed by atoms with Crippen molar-refractivity contribution in [3.05, 3.63) is 83.9 Å². The molecule has 8 heteroatoms. The van der Waals surface area contributed by atoms with Gasteiger partial charge in [0.2, 0.25) is 5.95 Å². The molecule has 0 bridgehead atoms. The van der Waals surface area contributed by atoms with E-state index in [0.717, 1.165) is 42.8 Å². The molecule has 3 aromatic carbocycles. The second-order valence-electron chi connectivity index (χ2n) is 8.18. The maximum Gasteiger partial charge on any atom is 0.416 e. The second-order valence-corrected chi connectivity index (χ2v) is 8.18. The fourth-order valence-corrected chi connectivity index (χ4v) is 4.12. The van der Waals surface area contributed by atoms with Gasteiger partial charge in [-0.15, -0.1) is 0 Å². The summed E-state index contributed by atoms with van der Waals surface area (Å²) >= 11 is 0. The number of benzene rings is 3. The molecule has 1 aromatic heterocycles. The van der Waals surface area contributed by atoms with Crippen LogP contribution < -0.4 is 5.32 Å². The number of likely N-dealkylation sites (N-methyl/N-ethyl adjacent to an activating group) is 1. The molecule has 5 nitrogen and oxygen atoms in total. The lowest BCUT2D eigenvalue weighted by Gasteiger charge is -2.19. The van der Waals surface area contributed by atoms with Gasteiger partial charge < -0.3 is 9.47 Å². The molecule has 0 spiro atoms. The lowest BCUT2D eigenvalue weighted by molar-refractivity contribution is -0.137. The third-order valence-electron chi connectivity index (χ3n) is 6.11. The number of carbonyl (C=O) groups is 1. The van der Waals surface area contributed by atoms with Gasteiger partial charge >= 0.3 is 6.18 Å². The number of imidazole rings is 1. The number of para-hydroxylation sites is 2. The molecule has 0 fully saturated rings. The van der Waals surface area contributed by atoms with E-state index in [1.165, 1.54) is 12.1 Å². The summed E-state index contributed by atoms with van der Waals surface area (Å²) in [5.41, 5.74) is 2.40. The molecule has 0 unspecified atom stereocenters. The van der Waals surface area contributed by atoms with E-state index >= 15 is 0 Å². The fraction of sp³-hybridized carbons (Fsp3) is 0.259. The zero-order valence-corrected chi connectivity index (χ0v) is 19.6. The van der Waals surface area contributed by atoms with Crippen LogP contribution in [0.15, 0.2) is 72.8 Å². The summed E-state index contributed by atoms with van der Waals surface area (Å²) in [6, 6.07) is 19.4. The van der Waals surface area contributed by atoms with E-state index in [9.17, 15) is 18.0 Å². The molecule has 4 aromatic rings. The Labute approximate surface area is 202 Å². The number of halogens is 3. The van der Waals surface area contributed by atoms with Crippen LogP contribution >= 0.6 is 0 Å². The molecule has 0 saturated carbocycles. The van der Waals surface area contributed by atoms with Gasteiger partial charge in [-0.2, -0.15) is 13.2 Å². The van der Waals surface area contributed by atoms with Gasteiger partial charge in [0.25, 0.3) is 5.91 Å². The predicted octanol–water partition coefficient (Wildman–Crippen LogP) is 6.32. The molecule has 0 aliphatic rings. The number of carbonyl (C=O) groups excluding carboxylic acids is 1. The van der Waals surface area contributed by atoms with Crippen LogP contribution in [0.1, 0.15) is 29.8 Å². The molecule has 0 radical (unpaired) electrons. The summed E-state index contributed by atoms with van der Waals surface area (Å²) in [6.45, 7) is 7.51. The Bertz CT molecular complexity index is 1310. The first-order chi connectivity index (χ1) is 16.8. The van der Waals surface area contributed by atoms with Gasteiger partial charge in [0.1, 0.15) is 0 Å². The van der Waals surface area contributed by atoms with Crippen molar-refractivity contribution in [2.45, 2.75) is 26.6 Å². The van der Waals surface area contributed by atoms with Gasteiger partial charge in [-0.25, -0.2) is 4.98 Å². The normalized spacial score (nSPS) is 11.8. The number of hydrogen-bond donors (Lipinski definition) is 1. The van der Waals surface area contributed by atoms with Crippen LogP contribution in [0.4, 0.5) is 19.1 Å². The van der Waals surface area contributed by atoms with Crippen LogP contribution in [0.3, 0.4) is 0 Å². The Kier molecular flexibility index (Phi) is 7.21. The minimum Gasteiger partial charge on any atom is -0.309 e. The van der Waals surface area contributed by atoms with E-state index in [4.69, 9.17) is 0 Å². The number of alkyl halides is 3. The monoisotopic (exact) mass is 480 g/mol. The second kappa shape index (κ2) is 10.3. The van der Waals surface area contributed by atoms with Gasteiger partial charge in [0.05, 0.1) is 16.6 Å². The average molecular weight is 481 g/mol. The van der Waals surface area contributed by atoms with Crippen LogP contribution in [-0.2, 0) is 12.7 Å². The standard InChI is InChI=1S/C27H27F3N4O/c1-3-33(4-2)17-18-34-24-12-8-7-11-23(24)31-26(34)32-25(35)22-10-6-5-9-21(22)19-13-15-20(16-14-19)27(28,29)30/h5-16H,3-4,17-18H2,1-2H3,(H,31,32,35). The number of anilines is 1. The molecule has 35 heavy (non-hydrogen) atoms. The smallest absolute Gasteiger partial charge is 0.309 e. The lowest BCUT2D eigenvalue weighted by Crippen LogP contribution is -2.27. The quantitative estimate of drug-likeness (QED) is 0.321. The number of rotatable bonds is 8. The summed E-state index contributed by atoms with van der Waals surface area (Å²) in [7, 11) is 0. The molecule has 0 aliphatic carbocycles. The van der Waals surface area contributed by atoms with Crippen molar-refractivity contribution < 1.29 is 18.0 Å². The third-order valence-corrected chi connectivity index (χ3v) is 6.11. The number of aromatic nitrogens is 2. The highest BCUT2D eigenvalue weighted by atomic mass is 19.4. The topological polar surface area (TPSA) is 50.2 Å². The maximum absolute atomic E-state index is 13.4. The Balaban J connectivity index is 1.65. The SMILES string of the molecule is CCN(CC)CCn1c(NC(=O)c2ccccc2-c2ccc(C(F)(F)F)cc2)nc2ccccc21. The summed E-state index contributed by atoms with van der Waals surface area (Å²) in [5.74, 6) is 0.0606. The van der Waals surface area contributed by atoms with E-state index in [0.29, 0.717) is 29.2 Å². The minimum atomic E-state index is -4.42. The number of nitrogens with one attached hydrogen (secondary N) is 1. The van der Waals surface area contributed by atoms with Crippen LogP contribution in [-0.4, -0.2) is 40.0 Å². The first-order valence-electron chi connectivity index (χ1n) is 11.6. The van der Waals surface area contributed by atoms with Crippen LogP contribution in [0.2, 0.25) is 0 Å². The van der Waals surface area contributed by atoms with Crippen LogP contribution in [0.5, 0.6) is 0 Å². The summed E-state index contributed by atoms with van der Waals surface area (Å²) in [5, 5.41) is 2.94. The Hall–Kier alpha value is -3.65. The van der Waals surface area contributed by atoms with Crippen LogP contribution in [0, 0.1) is 0 Å². The molecule has 1 heterocycles. The molecular weight excluding hydrogens is 453 g/mol. The zero-order valence-electron chi connectivity index (χ0n) is 19.6. The molecule has 4 rings (SSSR count). The molecule has 0 atom stereocenters. The Morgan fingerprint density at radius 1 is 0.943 bits per heavy atom. The highest BCUT2D eigenvalue weighted by molar-refractivity contribution is 6.08. The van der Waals surface area contributed by atoms with Gasteiger partial charge in [0, 0.05) is 18.7 Å². The fourth-order valence-electron chi connectivity index (χ4n) is 4.12. The summed E-state index contributed by atoms with van der Waals surface area (Å²) in [6.07, 6.45) is -4.42. The van der Waals surface area contributed by atoms with Crippen molar-refractivity contribution in [2.75, 3.05) is 25.0 Å². The van der Waals surface area contributed by atoms with E-state index < -0.39 is 11.7 Å². The van der Waals surface area contributed by atoms with E-state index in [-0.39, 0.29) is 5.91 Å². The first-order valence-corrected chi connectivity index (χ1v) is 11.6. The van der Waals surface area contributed by atoms with E-state index in [1.54, 1.807) is 24.3 Å². The molecular formula is C27H27F3N4O. The third kappa shape index (κ3) is 5.38. The van der Waals surface area contributed by atoms with E-state index in [1.807, 2.05) is 28.8 Å². The van der Waals surface area contributed by atoms with Crippen molar-refractivity contribution in [2.24, 2.45) is 0 Å². The van der Waals surface area contributed by atoms with Crippen molar-refractivity contribution in [3.63, 3.8) is 0 Å². The largest absolute Gasteiger partial charge is 0.416 e. The molecule has 1 amide bonds. The first kappa shape index (κ1) is 24.5.